The third-order valence-electron chi connectivity index (χ3n) is 7.55. The van der Waals surface area contributed by atoms with Gasteiger partial charge in [-0.1, -0.05) is 12.1 Å². The highest BCUT2D eigenvalue weighted by Gasteiger charge is 2.39. The first-order valence-corrected chi connectivity index (χ1v) is 12.8. The molecule has 3 aliphatic heterocycles. The first-order valence-electron chi connectivity index (χ1n) is 12.8. The van der Waals surface area contributed by atoms with Crippen molar-refractivity contribution in [2.45, 2.75) is 57.4 Å². The maximum atomic E-state index is 13.7. The zero-order chi connectivity index (χ0) is 24.6. The van der Waals surface area contributed by atoms with E-state index in [1.54, 1.807) is 11.1 Å². The van der Waals surface area contributed by atoms with Gasteiger partial charge in [0.2, 0.25) is 0 Å². The molecule has 0 saturated carbocycles. The minimum Gasteiger partial charge on any atom is -0.355 e. The molecule has 35 heavy (non-hydrogen) atoms. The highest BCUT2D eigenvalue weighted by molar-refractivity contribution is 5.96. The third kappa shape index (κ3) is 5.40. The van der Waals surface area contributed by atoms with E-state index in [0.29, 0.717) is 19.0 Å². The van der Waals surface area contributed by atoms with E-state index < -0.39 is 12.7 Å². The fraction of sp³-hybridized carbons (Fsp3) is 0.615. The lowest BCUT2D eigenvalue weighted by Crippen LogP contribution is -2.51. The molecule has 0 bridgehead atoms. The van der Waals surface area contributed by atoms with Gasteiger partial charge in [-0.3, -0.25) is 19.8 Å². The van der Waals surface area contributed by atoms with Crippen LogP contribution in [0.4, 0.5) is 13.2 Å². The Morgan fingerprint density at radius 2 is 1.97 bits per heavy atom. The van der Waals surface area contributed by atoms with Gasteiger partial charge in [0.1, 0.15) is 11.7 Å². The molecule has 1 aromatic heterocycles. The number of piperazine rings is 1. The van der Waals surface area contributed by atoms with Crippen molar-refractivity contribution in [3.05, 3.63) is 53.6 Å². The van der Waals surface area contributed by atoms with Gasteiger partial charge in [-0.05, 0) is 56.9 Å². The number of amidine groups is 1. The molecular formula is C26H35F3N6. The second-order valence-electron chi connectivity index (χ2n) is 10.3. The maximum absolute atomic E-state index is 13.7. The molecule has 0 radical (unpaired) electrons. The van der Waals surface area contributed by atoms with Gasteiger partial charge < -0.3 is 9.80 Å². The normalized spacial score (nSPS) is 25.1. The Morgan fingerprint density at radius 3 is 2.71 bits per heavy atom. The lowest BCUT2D eigenvalue weighted by Gasteiger charge is -2.42. The van der Waals surface area contributed by atoms with Crippen LogP contribution in [0.3, 0.4) is 0 Å². The molecule has 9 heteroatoms. The number of aromatic nitrogens is 1. The van der Waals surface area contributed by atoms with Crippen LogP contribution in [-0.2, 0) is 6.42 Å². The molecule has 5 rings (SSSR count). The predicted octanol–water partition coefficient (Wildman–Crippen LogP) is 3.84. The zero-order valence-electron chi connectivity index (χ0n) is 20.6. The number of allylic oxidation sites excluding steroid dienone is 2. The summed E-state index contributed by atoms with van der Waals surface area (Å²) in [6.07, 6.45) is 5.96. The maximum Gasteiger partial charge on any atom is 0.401 e. The van der Waals surface area contributed by atoms with E-state index in [2.05, 4.69) is 39.6 Å². The van der Waals surface area contributed by atoms with Gasteiger partial charge in [-0.15, -0.1) is 0 Å². The molecule has 6 nitrogen and oxygen atoms in total. The van der Waals surface area contributed by atoms with Crippen molar-refractivity contribution >= 4 is 5.84 Å². The first-order chi connectivity index (χ1) is 16.8. The Labute approximate surface area is 205 Å². The number of pyridine rings is 1. The number of nitrogens with zero attached hydrogens (tertiary/aromatic N) is 6. The van der Waals surface area contributed by atoms with E-state index in [0.717, 1.165) is 61.9 Å². The summed E-state index contributed by atoms with van der Waals surface area (Å²) in [5.41, 5.74) is 1.87. The summed E-state index contributed by atoms with van der Waals surface area (Å²) in [4.78, 5) is 18.0. The number of hydrogen-bond donors (Lipinski definition) is 0. The van der Waals surface area contributed by atoms with Crippen LogP contribution in [0.5, 0.6) is 0 Å². The fourth-order valence-electron chi connectivity index (χ4n) is 5.84. The lowest BCUT2D eigenvalue weighted by atomic mass is 9.90. The summed E-state index contributed by atoms with van der Waals surface area (Å²) >= 11 is 0. The van der Waals surface area contributed by atoms with Gasteiger partial charge >= 0.3 is 6.18 Å². The summed E-state index contributed by atoms with van der Waals surface area (Å²) in [5.74, 6) is 1.97. The van der Waals surface area contributed by atoms with Crippen LogP contribution in [0.25, 0.3) is 0 Å². The molecule has 2 atom stereocenters. The first kappa shape index (κ1) is 24.3. The zero-order valence-corrected chi connectivity index (χ0v) is 20.6. The second kappa shape index (κ2) is 9.93. The Kier molecular flexibility index (Phi) is 6.90. The predicted molar refractivity (Wildman–Crippen MR) is 131 cm³/mol. The Bertz CT molecular complexity index is 993. The lowest BCUT2D eigenvalue weighted by molar-refractivity contribution is -0.152. The molecule has 0 spiro atoms. The molecule has 0 aromatic carbocycles. The largest absolute Gasteiger partial charge is 0.401 e. The molecule has 1 aliphatic carbocycles. The summed E-state index contributed by atoms with van der Waals surface area (Å²) in [6, 6.07) is 3.86. The van der Waals surface area contributed by atoms with E-state index in [1.165, 1.54) is 0 Å². The number of fused-ring (bicyclic) bond motifs is 2. The third-order valence-corrected chi connectivity index (χ3v) is 7.55. The van der Waals surface area contributed by atoms with Crippen LogP contribution < -0.4 is 0 Å². The smallest absolute Gasteiger partial charge is 0.355 e. The Balaban J connectivity index is 1.30. The highest BCUT2D eigenvalue weighted by Crippen LogP contribution is 2.35. The van der Waals surface area contributed by atoms with Crippen LogP contribution in [-0.4, -0.2) is 94.5 Å². The van der Waals surface area contributed by atoms with E-state index >= 15 is 0 Å². The van der Waals surface area contributed by atoms with Crippen molar-refractivity contribution < 1.29 is 13.2 Å². The van der Waals surface area contributed by atoms with Crippen molar-refractivity contribution in [1.82, 2.24) is 24.6 Å². The summed E-state index contributed by atoms with van der Waals surface area (Å²) in [7, 11) is 0. The number of rotatable bonds is 6. The molecular weight excluding hydrogens is 453 g/mol. The van der Waals surface area contributed by atoms with E-state index in [1.807, 2.05) is 24.3 Å². The number of alkyl halides is 3. The molecule has 2 unspecified atom stereocenters. The van der Waals surface area contributed by atoms with Crippen molar-refractivity contribution in [1.29, 1.82) is 0 Å². The average Bonchev–Trinajstić information content (AvgIpc) is 3.25. The highest BCUT2D eigenvalue weighted by atomic mass is 19.4. The van der Waals surface area contributed by atoms with Crippen molar-refractivity contribution in [2.75, 3.05) is 45.8 Å². The standard InChI is InChI=1S/C26H35F3N6/c1-19(2)32-12-14-33(15-13-32)24-10-4-9-23-31-21(17-35(23)24)16-34(18-26(27,28)29)22-8-3-6-20-7-5-11-30-25(20)22/h4-5,7,9-11,19,21-22H,3,6,8,12-18H2,1-2H3. The van der Waals surface area contributed by atoms with Crippen LogP contribution in [0, 0.1) is 0 Å². The van der Waals surface area contributed by atoms with Gasteiger partial charge in [0.05, 0.1) is 24.3 Å². The van der Waals surface area contributed by atoms with Gasteiger partial charge in [-0.2, -0.15) is 13.2 Å². The molecule has 0 amide bonds. The van der Waals surface area contributed by atoms with E-state index in [4.69, 9.17) is 4.99 Å². The molecule has 1 aromatic rings. The van der Waals surface area contributed by atoms with Crippen LogP contribution in [0.2, 0.25) is 0 Å². The monoisotopic (exact) mass is 488 g/mol. The number of halogens is 3. The number of hydrogen-bond acceptors (Lipinski definition) is 6. The SMILES string of the molecule is CC(C)N1CCN(C2=CC=CC3=NC(CN(CC(F)(F)F)C4CCCc5cccnc54)CN23)CC1. The average molecular weight is 489 g/mol. The quantitative estimate of drug-likeness (QED) is 0.608. The molecule has 0 N–H and O–H groups in total. The number of aryl methyl sites for hydroxylation is 1. The Morgan fingerprint density at radius 1 is 1.17 bits per heavy atom. The molecule has 4 heterocycles. The van der Waals surface area contributed by atoms with E-state index in [9.17, 15) is 13.2 Å². The van der Waals surface area contributed by atoms with Crippen molar-refractivity contribution in [2.24, 2.45) is 4.99 Å². The summed E-state index contributed by atoms with van der Waals surface area (Å²) in [6.45, 7) is 8.28. The van der Waals surface area contributed by atoms with Gasteiger partial charge in [0, 0.05) is 51.5 Å². The summed E-state index contributed by atoms with van der Waals surface area (Å²) < 4.78 is 41.0. The number of aliphatic imine (C=N–C) groups is 1. The van der Waals surface area contributed by atoms with Crippen LogP contribution in [0.1, 0.15) is 44.0 Å². The van der Waals surface area contributed by atoms with Gasteiger partial charge in [-0.25, -0.2) is 0 Å². The summed E-state index contributed by atoms with van der Waals surface area (Å²) in [5, 5.41) is 0. The molecule has 4 aliphatic rings. The minimum atomic E-state index is -4.27. The Hall–Kier alpha value is -2.39. The van der Waals surface area contributed by atoms with Crippen LogP contribution >= 0.6 is 0 Å². The topological polar surface area (TPSA) is 38.2 Å². The van der Waals surface area contributed by atoms with E-state index in [-0.39, 0.29) is 18.6 Å². The second-order valence-corrected chi connectivity index (χ2v) is 10.3. The van der Waals surface area contributed by atoms with Crippen LogP contribution in [0.15, 0.2) is 47.4 Å². The molecule has 1 saturated heterocycles. The van der Waals surface area contributed by atoms with Crippen molar-refractivity contribution in [3.8, 4) is 0 Å². The van der Waals surface area contributed by atoms with Gasteiger partial charge in [0.15, 0.2) is 0 Å². The molecule has 190 valence electrons. The fourth-order valence-corrected chi connectivity index (χ4v) is 5.84. The van der Waals surface area contributed by atoms with Gasteiger partial charge in [0.25, 0.3) is 0 Å². The molecule has 1 fully saturated rings. The van der Waals surface area contributed by atoms with Crippen molar-refractivity contribution in [3.63, 3.8) is 0 Å². The minimum absolute atomic E-state index is 0.218.